The number of nitrogens with one attached hydrogen (secondary N) is 1. The number of aromatic nitrogens is 3. The number of cyclic esters (lactones) is 1. The number of hydrogen-bond donors (Lipinski definition) is 3. The number of aromatic hydroxyl groups is 1. The first kappa shape index (κ1) is 15.7. The van der Waals surface area contributed by atoms with Crippen LogP contribution in [0.2, 0.25) is 0 Å². The van der Waals surface area contributed by atoms with Crippen LogP contribution in [0.3, 0.4) is 0 Å². The summed E-state index contributed by atoms with van der Waals surface area (Å²) in [6.07, 6.45) is 1.55. The normalized spacial score (nSPS) is 30.7. The summed E-state index contributed by atoms with van der Waals surface area (Å²) in [5, 5.41) is 29.1. The molecule has 3 heterocycles. The van der Waals surface area contributed by atoms with Crippen molar-refractivity contribution >= 4 is 11.9 Å². The highest BCUT2D eigenvalue weighted by Crippen LogP contribution is 2.57. The fraction of sp³-hybridized carbons (Fsp3) is 0.438. The number of phenolic OH excluding ortho intramolecular Hbond substituents is 1. The van der Waals surface area contributed by atoms with E-state index >= 15 is 0 Å². The van der Waals surface area contributed by atoms with Gasteiger partial charge in [-0.15, -0.1) is 0 Å². The Kier molecular flexibility index (Phi) is 3.20. The Morgan fingerprint density at radius 2 is 2.28 bits per heavy atom. The van der Waals surface area contributed by atoms with Crippen molar-refractivity contribution in [2.45, 2.75) is 25.1 Å². The highest BCUT2D eigenvalue weighted by molar-refractivity contribution is 5.83. The Balaban J connectivity index is 1.97. The Hall–Kier alpha value is -2.81. The van der Waals surface area contributed by atoms with E-state index in [0.29, 0.717) is 11.5 Å². The number of ether oxygens (including phenoxy) is 2. The van der Waals surface area contributed by atoms with Gasteiger partial charge in [0.15, 0.2) is 17.2 Å². The zero-order chi connectivity index (χ0) is 17.8. The molecule has 25 heavy (non-hydrogen) atoms. The molecule has 0 saturated carbocycles. The van der Waals surface area contributed by atoms with Gasteiger partial charge in [0.05, 0.1) is 19.8 Å². The number of aliphatic hydroxyl groups is 1. The number of hydrogen-bond acceptors (Lipinski definition) is 8. The molecule has 2 aliphatic rings. The first-order valence-electron chi connectivity index (χ1n) is 7.86. The van der Waals surface area contributed by atoms with Crippen molar-refractivity contribution in [3.63, 3.8) is 0 Å². The minimum absolute atomic E-state index is 0.106. The summed E-state index contributed by atoms with van der Waals surface area (Å²) in [4.78, 5) is 16.8. The van der Waals surface area contributed by atoms with Gasteiger partial charge >= 0.3 is 5.97 Å². The highest BCUT2D eigenvalue weighted by atomic mass is 16.5. The Morgan fingerprint density at radius 3 is 2.96 bits per heavy atom. The van der Waals surface area contributed by atoms with Gasteiger partial charge in [-0.3, -0.25) is 4.79 Å². The van der Waals surface area contributed by atoms with Crippen molar-refractivity contribution < 1.29 is 24.5 Å². The van der Waals surface area contributed by atoms with Crippen molar-refractivity contribution in [1.29, 1.82) is 0 Å². The maximum Gasteiger partial charge on any atom is 0.319 e. The molecule has 2 aromatic rings. The topological polar surface area (TPSA) is 119 Å². The molecule has 9 heteroatoms. The number of esters is 1. The lowest BCUT2D eigenvalue weighted by molar-refractivity contribution is -0.184. The quantitative estimate of drug-likeness (QED) is 0.682. The van der Waals surface area contributed by atoms with Crippen LogP contribution in [-0.2, 0) is 15.3 Å². The van der Waals surface area contributed by atoms with Crippen LogP contribution in [0.25, 0.3) is 0 Å². The fourth-order valence-corrected chi connectivity index (χ4v) is 3.88. The second-order valence-electron chi connectivity index (χ2n) is 6.35. The summed E-state index contributed by atoms with van der Waals surface area (Å²) >= 11 is 0. The summed E-state index contributed by atoms with van der Waals surface area (Å²) in [7, 11) is 1.44. The Bertz CT molecular complexity index is 849. The van der Waals surface area contributed by atoms with Crippen molar-refractivity contribution in [2.75, 3.05) is 19.0 Å². The SMILES string of the molecule is COc1cccc([C@@H]2Nc3ncnn3[C@@](C)(O)C23CCOC3=O)c1O. The molecule has 0 amide bonds. The van der Waals surface area contributed by atoms with E-state index in [0.717, 1.165) is 0 Å². The largest absolute Gasteiger partial charge is 0.504 e. The van der Waals surface area contributed by atoms with Crippen molar-refractivity contribution in [3.8, 4) is 11.5 Å². The average molecular weight is 346 g/mol. The fourth-order valence-electron chi connectivity index (χ4n) is 3.88. The van der Waals surface area contributed by atoms with E-state index in [1.807, 2.05) is 0 Å². The molecule has 1 fully saturated rings. The molecule has 0 radical (unpaired) electrons. The second-order valence-corrected chi connectivity index (χ2v) is 6.35. The van der Waals surface area contributed by atoms with Gasteiger partial charge in [0.2, 0.25) is 5.95 Å². The van der Waals surface area contributed by atoms with Gasteiger partial charge < -0.3 is 25.0 Å². The maximum atomic E-state index is 12.8. The molecular formula is C16H18N4O5. The van der Waals surface area contributed by atoms with E-state index in [1.54, 1.807) is 18.2 Å². The number of para-hydroxylation sites is 1. The van der Waals surface area contributed by atoms with Crippen molar-refractivity contribution in [1.82, 2.24) is 14.8 Å². The second kappa shape index (κ2) is 5.09. The third-order valence-electron chi connectivity index (χ3n) is 5.23. The summed E-state index contributed by atoms with van der Waals surface area (Å²) < 4.78 is 11.7. The minimum atomic E-state index is -1.70. The number of rotatable bonds is 2. The average Bonchev–Trinajstić information content (AvgIpc) is 3.20. The molecule has 1 spiro atoms. The third kappa shape index (κ3) is 1.84. The molecule has 4 rings (SSSR count). The minimum Gasteiger partial charge on any atom is -0.504 e. The molecule has 9 nitrogen and oxygen atoms in total. The van der Waals surface area contributed by atoms with Crippen molar-refractivity contribution in [3.05, 3.63) is 30.1 Å². The number of phenols is 1. The molecule has 1 aromatic carbocycles. The van der Waals surface area contributed by atoms with Crippen LogP contribution < -0.4 is 10.1 Å². The lowest BCUT2D eigenvalue weighted by Crippen LogP contribution is -2.59. The first-order valence-corrected chi connectivity index (χ1v) is 7.86. The predicted molar refractivity (Wildman–Crippen MR) is 84.9 cm³/mol. The van der Waals surface area contributed by atoms with Gasteiger partial charge in [0.25, 0.3) is 0 Å². The van der Waals surface area contributed by atoms with Crippen LogP contribution in [0, 0.1) is 5.41 Å². The maximum absolute atomic E-state index is 12.8. The van der Waals surface area contributed by atoms with Crippen LogP contribution in [0.1, 0.15) is 24.9 Å². The van der Waals surface area contributed by atoms with E-state index in [-0.39, 0.29) is 24.5 Å². The lowest BCUT2D eigenvalue weighted by atomic mass is 9.67. The van der Waals surface area contributed by atoms with E-state index < -0.39 is 23.2 Å². The predicted octanol–water partition coefficient (Wildman–Crippen LogP) is 0.757. The van der Waals surface area contributed by atoms with Crippen LogP contribution >= 0.6 is 0 Å². The summed E-state index contributed by atoms with van der Waals surface area (Å²) in [6, 6.07) is 4.22. The van der Waals surface area contributed by atoms with Crippen LogP contribution in [0.15, 0.2) is 24.5 Å². The van der Waals surface area contributed by atoms with E-state index in [2.05, 4.69) is 15.4 Å². The number of carbonyl (C=O) groups excluding carboxylic acids is 1. The first-order chi connectivity index (χ1) is 11.9. The van der Waals surface area contributed by atoms with Crippen molar-refractivity contribution in [2.24, 2.45) is 5.41 Å². The molecule has 1 aromatic heterocycles. The van der Waals surface area contributed by atoms with Crippen LogP contribution in [0.5, 0.6) is 11.5 Å². The number of benzene rings is 1. The smallest absolute Gasteiger partial charge is 0.319 e. The zero-order valence-corrected chi connectivity index (χ0v) is 13.8. The highest BCUT2D eigenvalue weighted by Gasteiger charge is 2.67. The van der Waals surface area contributed by atoms with Crippen LogP contribution in [0.4, 0.5) is 5.95 Å². The molecule has 0 aliphatic carbocycles. The molecule has 0 bridgehead atoms. The Labute approximate surface area is 143 Å². The zero-order valence-electron chi connectivity index (χ0n) is 13.8. The molecule has 132 valence electrons. The van der Waals surface area contributed by atoms with Gasteiger partial charge in [-0.2, -0.15) is 14.8 Å². The van der Waals surface area contributed by atoms with Gasteiger partial charge in [-0.1, -0.05) is 12.1 Å². The van der Waals surface area contributed by atoms with Crippen LogP contribution in [-0.4, -0.2) is 44.7 Å². The third-order valence-corrected chi connectivity index (χ3v) is 5.23. The van der Waals surface area contributed by atoms with E-state index in [1.165, 1.54) is 25.0 Å². The van der Waals surface area contributed by atoms with E-state index in [9.17, 15) is 15.0 Å². The standard InChI is InChI=1S/C16H18N4O5/c1-15(23)16(6-7-25-13(16)22)12(19-14-17-8-18-20(14)15)9-4-3-5-10(24-2)11(9)21/h3-5,8,12,21,23H,6-7H2,1-2H3,(H,17,18,19)/t12-,15-,16?/m0/s1. The number of anilines is 1. The molecule has 2 aliphatic heterocycles. The van der Waals surface area contributed by atoms with E-state index in [4.69, 9.17) is 9.47 Å². The number of fused-ring (bicyclic) bond motifs is 1. The number of methoxy groups -OCH3 is 1. The van der Waals surface area contributed by atoms with Gasteiger partial charge in [-0.05, 0) is 13.0 Å². The number of carbonyl (C=O) groups is 1. The van der Waals surface area contributed by atoms with Gasteiger partial charge in [-0.25, -0.2) is 0 Å². The number of nitrogens with zero attached hydrogens (tertiary/aromatic N) is 3. The summed E-state index contributed by atoms with van der Waals surface area (Å²) in [6.45, 7) is 1.67. The molecule has 3 N–H and O–H groups in total. The summed E-state index contributed by atoms with van der Waals surface area (Å²) in [5.41, 5.74) is -2.66. The molecule has 1 unspecified atom stereocenters. The molecular weight excluding hydrogens is 328 g/mol. The van der Waals surface area contributed by atoms with Gasteiger partial charge in [0, 0.05) is 12.0 Å². The molecule has 3 atom stereocenters. The molecule has 1 saturated heterocycles. The summed E-state index contributed by atoms with van der Waals surface area (Å²) in [5.74, 6) is -0.0984. The lowest BCUT2D eigenvalue weighted by Gasteiger charge is -2.48. The van der Waals surface area contributed by atoms with Gasteiger partial charge in [0.1, 0.15) is 11.7 Å². The monoisotopic (exact) mass is 346 g/mol. The Morgan fingerprint density at radius 1 is 1.48 bits per heavy atom.